The molecule has 3 aromatic heterocycles. The molecule has 2 aliphatic rings. The third-order valence-corrected chi connectivity index (χ3v) is 22.3. The molecule has 0 amide bonds. The average molecular weight is 1590 g/mol. The van der Waals surface area contributed by atoms with Crippen molar-refractivity contribution in [2.45, 2.75) is 182 Å². The maximum atomic E-state index is 13.9. The minimum atomic E-state index is -0.0623. The molecule has 9 rings (SSSR count). The predicted molar refractivity (Wildman–Crippen MR) is 423 cm³/mol. The van der Waals surface area contributed by atoms with E-state index in [0.717, 1.165) is 4.73 Å². The van der Waals surface area contributed by atoms with Gasteiger partial charge in [-0.15, -0.1) is 51.8 Å². The minimum absolute atomic E-state index is 0. The van der Waals surface area contributed by atoms with E-state index in [1.54, 1.807) is 0 Å². The predicted octanol–water partition coefficient (Wildman–Crippen LogP) is 23.1. The molecule has 0 atom stereocenters. The minimum Gasteiger partial charge on any atom is -0.492 e. The largest absolute Gasteiger partial charge is 0.492 e. The third-order valence-electron chi connectivity index (χ3n) is 17.3. The van der Waals surface area contributed by atoms with Crippen LogP contribution >= 0.6 is 93.5 Å². The van der Waals surface area contributed by atoms with Crippen LogP contribution in [0, 0.1) is 47.3 Å². The van der Waals surface area contributed by atoms with Gasteiger partial charge in [-0.3, -0.25) is 0 Å². The molecule has 2 aliphatic heterocycles. The number of ether oxygens (including phenoxy) is 8. The number of halogens is 4. The normalized spacial score (nSPS) is 12.2. The van der Waals surface area contributed by atoms with E-state index >= 15 is 0 Å². The first-order valence-corrected chi connectivity index (χ1v) is 41.8. The van der Waals surface area contributed by atoms with Crippen molar-refractivity contribution in [3.8, 4) is 91.5 Å². The van der Waals surface area contributed by atoms with Gasteiger partial charge >= 0.3 is 0 Å². The summed E-state index contributed by atoms with van der Waals surface area (Å²) in [7, 11) is 0. The SMILES string of the molecule is CSc1c(Cl)c(OCCC(C)C)c2c(c1OCCC(C)C)-c1nc-2nc2c3c(OCCC(C)C)c(SC)c(Cl)c(OCCC(C)C)c3c(nc3nc(nc4[n-]c(n1)c1c(OCCC(C)C)c(Cl)c(SC)c(OCCC(C)C)c41)-c1c(OCCC(C)C)c(Cl)c(SC)c(OCCC(C)C)c1-3)n2O.[V]. The summed E-state index contributed by atoms with van der Waals surface area (Å²) in [6.07, 6.45) is 13.3. The first-order valence-electron chi connectivity index (χ1n) is 35.4. The summed E-state index contributed by atoms with van der Waals surface area (Å²) in [4.78, 5) is 41.5. The van der Waals surface area contributed by atoms with Crippen molar-refractivity contribution < 1.29 is 61.7 Å². The average Bonchev–Trinajstić information content (AvgIpc) is 1.55. The Kier molecular flexibility index (Phi) is 30.5. The van der Waals surface area contributed by atoms with Gasteiger partial charge < -0.3 is 58.1 Å². The maximum absolute atomic E-state index is 13.9. The van der Waals surface area contributed by atoms with Gasteiger partial charge in [0, 0.05) is 40.6 Å². The van der Waals surface area contributed by atoms with Gasteiger partial charge in [-0.2, -0.15) is 0 Å². The van der Waals surface area contributed by atoms with E-state index < -0.39 is 0 Å². The van der Waals surface area contributed by atoms with Gasteiger partial charge in [-0.1, -0.05) is 157 Å². The van der Waals surface area contributed by atoms with Gasteiger partial charge in [0.05, 0.1) is 117 Å². The molecule has 0 saturated heterocycles. The van der Waals surface area contributed by atoms with Gasteiger partial charge in [0.25, 0.3) is 0 Å². The molecule has 17 nitrogen and oxygen atoms in total. The zero-order valence-corrected chi connectivity index (χ0v) is 70.5. The van der Waals surface area contributed by atoms with Crippen molar-refractivity contribution in [3.63, 3.8) is 0 Å². The second kappa shape index (κ2) is 37.4. The van der Waals surface area contributed by atoms with E-state index in [1.165, 1.54) is 47.0 Å². The number of thioether (sulfide) groups is 4. The van der Waals surface area contributed by atoms with Crippen LogP contribution in [0.1, 0.15) is 162 Å². The third kappa shape index (κ3) is 18.4. The Morgan fingerprint density at radius 3 is 0.833 bits per heavy atom. The molecule has 8 bridgehead atoms. The van der Waals surface area contributed by atoms with Crippen molar-refractivity contribution in [2.75, 3.05) is 77.9 Å². The second-order valence-electron chi connectivity index (χ2n) is 29.0. The summed E-state index contributed by atoms with van der Waals surface area (Å²) < 4.78 is 57.1. The van der Waals surface area contributed by atoms with Crippen LogP contribution in [-0.2, 0) is 18.6 Å². The van der Waals surface area contributed by atoms with Crippen molar-refractivity contribution in [3.05, 3.63) is 20.1 Å². The van der Waals surface area contributed by atoms with Crippen molar-refractivity contribution in [1.29, 1.82) is 0 Å². The summed E-state index contributed by atoms with van der Waals surface area (Å²) in [5, 5.41) is 16.5. The van der Waals surface area contributed by atoms with Crippen LogP contribution in [0.15, 0.2) is 19.6 Å². The van der Waals surface area contributed by atoms with Crippen LogP contribution in [0.2, 0.25) is 20.1 Å². The van der Waals surface area contributed by atoms with Crippen LogP contribution in [-0.4, -0.2) is 118 Å². The molecule has 26 heteroatoms. The summed E-state index contributed by atoms with van der Waals surface area (Å²) in [5.74, 6) is 5.24. The fraction of sp³-hybridized carbons (Fsp3) is 0.579. The molecule has 0 unspecified atom stereocenters. The Morgan fingerprint density at radius 2 is 0.529 bits per heavy atom. The molecule has 102 heavy (non-hydrogen) atoms. The first kappa shape index (κ1) is 83.2. The van der Waals surface area contributed by atoms with E-state index in [0.29, 0.717) is 186 Å². The standard InChI is InChI=1S/C76H101Cl4N8O9S4.V/c1-37(2)21-29-90-57-45-48(61(65(98-17)53(57)77)94-33-25-41(9)10)71-81-69(45)82-72-49-47(59(92-31-23-39(5)6)55(79)66(99-18)62(49)95-34-26-42(11)12)73(85-72)86-76-52-51(60(93-32-24-40(7)8)56(80)68(101-20)64(52)97-36-28-44(15)16)75(88(76)89)87-74-50-46(70(83-71)84-74)58(91-30-22-38(3)4)54(78)67(100-19)63(50)96-35-27-43(13)14;/h37-44,89H,21-36H2,1-20H3;/q-1;. The van der Waals surface area contributed by atoms with Crippen molar-refractivity contribution >= 4 is 138 Å². The topological polar surface area (TPSA) is 190 Å². The monoisotopic (exact) mass is 1590 g/mol. The molecule has 4 aromatic carbocycles. The first-order chi connectivity index (χ1) is 48.2. The number of benzene rings is 4. The number of hydrogen-bond acceptors (Lipinski definition) is 19. The fourth-order valence-electron chi connectivity index (χ4n) is 11.4. The van der Waals surface area contributed by atoms with Crippen LogP contribution in [0.3, 0.4) is 0 Å². The van der Waals surface area contributed by atoms with Crippen molar-refractivity contribution in [1.82, 2.24) is 39.6 Å². The quantitative estimate of drug-likeness (QED) is 0.0288. The van der Waals surface area contributed by atoms with E-state index in [1.807, 2.05) is 25.0 Å². The van der Waals surface area contributed by atoms with Gasteiger partial charge in [0.15, 0.2) is 34.4 Å². The van der Waals surface area contributed by atoms with Gasteiger partial charge in [-0.05, 0) is 124 Å². The zero-order chi connectivity index (χ0) is 73.4. The summed E-state index contributed by atoms with van der Waals surface area (Å²) in [6, 6.07) is 0. The van der Waals surface area contributed by atoms with Crippen LogP contribution in [0.25, 0.3) is 89.7 Å². The maximum Gasteiger partial charge on any atom is 0.184 e. The molecular formula is C76H101Cl4N8O9S4V-. The Balaban J connectivity index is 0.0000132. The van der Waals surface area contributed by atoms with E-state index in [4.69, 9.17) is 119 Å². The summed E-state index contributed by atoms with van der Waals surface area (Å²) in [6.45, 7) is 36.6. The van der Waals surface area contributed by atoms with Gasteiger partial charge in [0.2, 0.25) is 0 Å². The molecule has 5 heterocycles. The molecular weight excluding hydrogens is 1490 g/mol. The van der Waals surface area contributed by atoms with Crippen LogP contribution < -0.4 is 42.9 Å². The molecule has 557 valence electrons. The van der Waals surface area contributed by atoms with E-state index in [2.05, 4.69) is 111 Å². The molecule has 7 aromatic rings. The molecule has 0 fully saturated rings. The number of rotatable bonds is 36. The summed E-state index contributed by atoms with van der Waals surface area (Å²) >= 11 is 36.8. The Hall–Kier alpha value is -4.42. The molecule has 0 spiro atoms. The van der Waals surface area contributed by atoms with E-state index in [9.17, 15) is 5.21 Å². The Labute approximate surface area is 652 Å². The van der Waals surface area contributed by atoms with Crippen molar-refractivity contribution in [2.24, 2.45) is 47.3 Å². The van der Waals surface area contributed by atoms with Crippen LogP contribution in [0.4, 0.5) is 0 Å². The molecule has 0 saturated carbocycles. The number of hydrogen-bond donors (Lipinski definition) is 1. The smallest absolute Gasteiger partial charge is 0.184 e. The zero-order valence-electron chi connectivity index (χ0n) is 62.8. The van der Waals surface area contributed by atoms with E-state index in [-0.39, 0.29) is 159 Å². The molecule has 0 aliphatic carbocycles. The number of aromatic nitrogens is 8. The number of fused-ring (bicyclic) bond motifs is 20. The number of nitrogens with zero attached hydrogens (tertiary/aromatic N) is 8. The van der Waals surface area contributed by atoms with Gasteiger partial charge in [-0.25, -0.2) is 19.9 Å². The molecule has 1 radical (unpaired) electrons. The van der Waals surface area contributed by atoms with Gasteiger partial charge in [0.1, 0.15) is 54.6 Å². The summed E-state index contributed by atoms with van der Waals surface area (Å²) in [5.41, 5.74) is 1.74. The fourth-order valence-corrected chi connectivity index (χ4v) is 15.7. The Bertz CT molecular complexity index is 4310. The second-order valence-corrected chi connectivity index (χ2v) is 33.7. The molecule has 1 N–H and O–H groups in total. The Morgan fingerprint density at radius 1 is 0.314 bits per heavy atom. The van der Waals surface area contributed by atoms with Crippen LogP contribution in [0.5, 0.6) is 46.0 Å².